The lowest BCUT2D eigenvalue weighted by molar-refractivity contribution is -0.137. The first-order chi connectivity index (χ1) is 13.5. The second-order valence-electron chi connectivity index (χ2n) is 7.01. The highest BCUT2D eigenvalue weighted by Gasteiger charge is 2.33. The Morgan fingerprint density at radius 2 is 1.76 bits per heavy atom. The normalized spacial score (nSPS) is 18.7. The molecule has 0 bridgehead atoms. The third-order valence-corrected chi connectivity index (χ3v) is 4.66. The lowest BCUT2D eigenvalue weighted by Crippen LogP contribution is -2.46. The van der Waals surface area contributed by atoms with Gasteiger partial charge in [-0.15, -0.1) is 0 Å². The summed E-state index contributed by atoms with van der Waals surface area (Å²) in [5.41, 5.74) is -1.17. The average molecular weight is 410 g/mol. The largest absolute Gasteiger partial charge is 0.416 e. The Morgan fingerprint density at radius 3 is 2.34 bits per heavy atom. The van der Waals surface area contributed by atoms with Gasteiger partial charge in [-0.25, -0.2) is 4.39 Å². The van der Waals surface area contributed by atoms with Crippen molar-refractivity contribution in [3.05, 3.63) is 64.5 Å². The minimum absolute atomic E-state index is 0.0956. The fourth-order valence-electron chi connectivity index (χ4n) is 3.05. The lowest BCUT2D eigenvalue weighted by atomic mass is 9.89. The van der Waals surface area contributed by atoms with E-state index in [4.69, 9.17) is 0 Å². The number of rotatable bonds is 4. The summed E-state index contributed by atoms with van der Waals surface area (Å²) in [6.07, 6.45) is -4.60. The van der Waals surface area contributed by atoms with Crippen LogP contribution in [0.1, 0.15) is 44.7 Å². The fourth-order valence-corrected chi connectivity index (χ4v) is 3.05. The SMILES string of the molecule is Cc1cc(F)ccc1C(=O)Nc1cc(C(=O)NC2CC(O)C2)cc(C(F)(F)F)c1. The molecule has 0 saturated heterocycles. The molecule has 0 heterocycles. The quantitative estimate of drug-likeness (QED) is 0.674. The minimum atomic E-state index is -4.73. The topological polar surface area (TPSA) is 78.4 Å². The van der Waals surface area contributed by atoms with Crippen LogP contribution in [0.15, 0.2) is 36.4 Å². The molecule has 0 radical (unpaired) electrons. The third kappa shape index (κ3) is 4.92. The van der Waals surface area contributed by atoms with Gasteiger partial charge in [-0.05, 0) is 61.7 Å². The number of carbonyl (C=O) groups excluding carboxylic acids is 2. The number of halogens is 4. The highest BCUT2D eigenvalue weighted by atomic mass is 19.4. The number of anilines is 1. The number of alkyl halides is 3. The summed E-state index contributed by atoms with van der Waals surface area (Å²) in [6, 6.07) is 5.67. The van der Waals surface area contributed by atoms with Gasteiger partial charge in [-0.3, -0.25) is 9.59 Å². The number of aliphatic hydroxyl groups excluding tert-OH is 1. The molecule has 2 aromatic rings. The molecule has 154 valence electrons. The molecule has 2 aromatic carbocycles. The van der Waals surface area contributed by atoms with Crippen molar-refractivity contribution in [3.63, 3.8) is 0 Å². The zero-order valence-corrected chi connectivity index (χ0v) is 15.3. The zero-order valence-electron chi connectivity index (χ0n) is 15.3. The van der Waals surface area contributed by atoms with Crippen LogP contribution in [0.2, 0.25) is 0 Å². The van der Waals surface area contributed by atoms with Gasteiger partial charge in [-0.2, -0.15) is 13.2 Å². The number of hydrogen-bond donors (Lipinski definition) is 3. The Bertz CT molecular complexity index is 953. The predicted molar refractivity (Wildman–Crippen MR) is 97.0 cm³/mol. The number of aryl methyl sites for hydroxylation is 1. The van der Waals surface area contributed by atoms with Crippen molar-refractivity contribution >= 4 is 17.5 Å². The van der Waals surface area contributed by atoms with E-state index in [0.29, 0.717) is 24.5 Å². The van der Waals surface area contributed by atoms with Gasteiger partial charge in [0, 0.05) is 22.9 Å². The van der Waals surface area contributed by atoms with Crippen molar-refractivity contribution in [2.75, 3.05) is 5.32 Å². The molecular formula is C20H18F4N2O3. The molecule has 0 aromatic heterocycles. The summed E-state index contributed by atoms with van der Waals surface area (Å²) in [7, 11) is 0. The van der Waals surface area contributed by atoms with Crippen molar-refractivity contribution < 1.29 is 32.3 Å². The third-order valence-electron chi connectivity index (χ3n) is 4.66. The van der Waals surface area contributed by atoms with Crippen LogP contribution in [0, 0.1) is 12.7 Å². The van der Waals surface area contributed by atoms with Gasteiger partial charge < -0.3 is 15.7 Å². The second kappa shape index (κ2) is 7.82. The molecule has 0 atom stereocenters. The smallest absolute Gasteiger partial charge is 0.393 e. The van der Waals surface area contributed by atoms with E-state index in [1.54, 1.807) is 0 Å². The monoisotopic (exact) mass is 410 g/mol. The van der Waals surface area contributed by atoms with Crippen molar-refractivity contribution in [2.24, 2.45) is 0 Å². The van der Waals surface area contributed by atoms with Crippen LogP contribution >= 0.6 is 0 Å². The number of aliphatic hydroxyl groups is 1. The van der Waals surface area contributed by atoms with Gasteiger partial charge in [0.25, 0.3) is 11.8 Å². The van der Waals surface area contributed by atoms with E-state index in [-0.39, 0.29) is 22.9 Å². The van der Waals surface area contributed by atoms with E-state index in [2.05, 4.69) is 10.6 Å². The molecule has 0 spiro atoms. The van der Waals surface area contributed by atoms with Crippen molar-refractivity contribution in [1.29, 1.82) is 0 Å². The molecule has 9 heteroatoms. The molecule has 29 heavy (non-hydrogen) atoms. The van der Waals surface area contributed by atoms with Gasteiger partial charge >= 0.3 is 6.18 Å². The standard InChI is InChI=1S/C20H18F4N2O3/c1-10-4-13(21)2-3-17(10)19(29)26-14-6-11(5-12(7-14)20(22,23)24)18(28)25-15-8-16(27)9-15/h2-7,15-16,27H,8-9H2,1H3,(H,25,28)(H,26,29). The maximum atomic E-state index is 13.3. The highest BCUT2D eigenvalue weighted by Crippen LogP contribution is 2.32. The Hall–Kier alpha value is -2.94. The Morgan fingerprint density at radius 1 is 1.07 bits per heavy atom. The van der Waals surface area contributed by atoms with Gasteiger partial charge in [0.1, 0.15) is 5.82 Å². The number of carbonyl (C=O) groups is 2. The summed E-state index contributed by atoms with van der Waals surface area (Å²) in [4.78, 5) is 24.7. The lowest BCUT2D eigenvalue weighted by Gasteiger charge is -2.32. The molecule has 1 aliphatic rings. The van der Waals surface area contributed by atoms with E-state index >= 15 is 0 Å². The van der Waals surface area contributed by atoms with Crippen molar-refractivity contribution in [2.45, 2.75) is 38.1 Å². The van der Waals surface area contributed by atoms with Gasteiger partial charge in [0.15, 0.2) is 0 Å². The highest BCUT2D eigenvalue weighted by molar-refractivity contribution is 6.06. The molecule has 3 rings (SSSR count). The Kier molecular flexibility index (Phi) is 5.61. The first-order valence-electron chi connectivity index (χ1n) is 8.81. The molecule has 1 fully saturated rings. The summed E-state index contributed by atoms with van der Waals surface area (Å²) in [5, 5.41) is 14.2. The van der Waals surface area contributed by atoms with Gasteiger partial charge in [0.05, 0.1) is 11.7 Å². The van der Waals surface area contributed by atoms with Crippen molar-refractivity contribution in [1.82, 2.24) is 5.32 Å². The molecule has 3 N–H and O–H groups in total. The Balaban J connectivity index is 1.87. The van der Waals surface area contributed by atoms with Crippen LogP contribution in [0.4, 0.5) is 23.2 Å². The molecule has 2 amide bonds. The maximum Gasteiger partial charge on any atom is 0.416 e. The molecule has 1 saturated carbocycles. The van der Waals surface area contributed by atoms with Gasteiger partial charge in [-0.1, -0.05) is 0 Å². The van der Waals surface area contributed by atoms with Crippen LogP contribution in [0.25, 0.3) is 0 Å². The summed E-state index contributed by atoms with van der Waals surface area (Å²) in [5.74, 6) is -2.00. The summed E-state index contributed by atoms with van der Waals surface area (Å²) in [6.45, 7) is 1.50. The molecular weight excluding hydrogens is 392 g/mol. The summed E-state index contributed by atoms with van der Waals surface area (Å²) < 4.78 is 53.0. The summed E-state index contributed by atoms with van der Waals surface area (Å²) >= 11 is 0. The van der Waals surface area contributed by atoms with Crippen LogP contribution in [-0.4, -0.2) is 29.1 Å². The minimum Gasteiger partial charge on any atom is -0.393 e. The number of nitrogens with one attached hydrogen (secondary N) is 2. The molecule has 1 aliphatic carbocycles. The number of hydrogen-bond acceptors (Lipinski definition) is 3. The van der Waals surface area contributed by atoms with Crippen LogP contribution in [0.5, 0.6) is 0 Å². The van der Waals surface area contributed by atoms with Gasteiger partial charge in [0.2, 0.25) is 0 Å². The predicted octanol–water partition coefficient (Wildman–Crippen LogP) is 3.66. The van der Waals surface area contributed by atoms with E-state index in [1.165, 1.54) is 13.0 Å². The first-order valence-corrected chi connectivity index (χ1v) is 8.81. The first kappa shape index (κ1) is 20.8. The molecule has 5 nitrogen and oxygen atoms in total. The molecule has 0 aliphatic heterocycles. The number of benzene rings is 2. The van der Waals surface area contributed by atoms with Crippen LogP contribution in [-0.2, 0) is 6.18 Å². The van der Waals surface area contributed by atoms with E-state index in [9.17, 15) is 32.3 Å². The van der Waals surface area contributed by atoms with Crippen LogP contribution < -0.4 is 10.6 Å². The van der Waals surface area contributed by atoms with E-state index in [1.807, 2.05) is 0 Å². The number of amides is 2. The van der Waals surface area contributed by atoms with E-state index < -0.39 is 35.5 Å². The fraction of sp³-hybridized carbons (Fsp3) is 0.300. The van der Waals surface area contributed by atoms with Crippen molar-refractivity contribution in [3.8, 4) is 0 Å². The van der Waals surface area contributed by atoms with E-state index in [0.717, 1.165) is 24.3 Å². The van der Waals surface area contributed by atoms with Crippen LogP contribution in [0.3, 0.4) is 0 Å². The average Bonchev–Trinajstić information content (AvgIpc) is 2.59. The molecule has 0 unspecified atom stereocenters. The maximum absolute atomic E-state index is 13.3. The Labute approximate surface area is 163 Å². The zero-order chi connectivity index (χ0) is 21.3. The second-order valence-corrected chi connectivity index (χ2v) is 7.01.